The minimum atomic E-state index is -1.38. The van der Waals surface area contributed by atoms with Gasteiger partial charge < -0.3 is 72.7 Å². The minimum Gasteiger partial charge on any atom is -0.388 e. The van der Waals surface area contributed by atoms with Crippen molar-refractivity contribution in [2.24, 2.45) is 22.9 Å². The zero-order valence-corrected chi connectivity index (χ0v) is 19.7. The molecule has 14 nitrogen and oxygen atoms in total. The van der Waals surface area contributed by atoms with Gasteiger partial charge in [0.15, 0.2) is 12.6 Å². The zero-order valence-electron chi connectivity index (χ0n) is 19.7. The van der Waals surface area contributed by atoms with Gasteiger partial charge in [-0.05, 0) is 27.3 Å². The molecule has 0 aromatic carbocycles. The van der Waals surface area contributed by atoms with Gasteiger partial charge in [0.05, 0.1) is 18.7 Å². The van der Waals surface area contributed by atoms with Crippen LogP contribution in [0.5, 0.6) is 0 Å². The molecule has 0 aromatic heterocycles. The number of nitrogens with two attached hydrogens (primary N) is 4. The number of rotatable bonds is 6. The lowest BCUT2D eigenvalue weighted by Crippen LogP contribution is -2.70. The van der Waals surface area contributed by atoms with Gasteiger partial charge in [0.1, 0.15) is 48.3 Å². The number of ether oxygens (including phenoxy) is 4. The van der Waals surface area contributed by atoms with Crippen molar-refractivity contribution >= 4 is 0 Å². The molecule has 0 spiro atoms. The van der Waals surface area contributed by atoms with Gasteiger partial charge in [0.2, 0.25) is 0 Å². The third-order valence-corrected chi connectivity index (χ3v) is 6.99. The smallest absolute Gasteiger partial charge is 0.185 e. The molecule has 3 fully saturated rings. The lowest BCUT2D eigenvalue weighted by molar-refractivity contribution is -0.315. The van der Waals surface area contributed by atoms with E-state index in [9.17, 15) is 25.5 Å². The Morgan fingerprint density at radius 2 is 1.50 bits per heavy atom. The average Bonchev–Trinajstić information content (AvgIpc) is 2.75. The van der Waals surface area contributed by atoms with Crippen LogP contribution < -0.4 is 28.3 Å². The second kappa shape index (κ2) is 10.8. The average molecular weight is 496 g/mol. The molecule has 0 radical (unpaired) electrons. The van der Waals surface area contributed by atoms with Crippen LogP contribution in [0.4, 0.5) is 0 Å². The number of hydrogen-bond donors (Lipinski definition) is 10. The van der Waals surface area contributed by atoms with Crippen molar-refractivity contribution < 1.29 is 44.5 Å². The number of aliphatic hydroxyl groups is 5. The van der Waals surface area contributed by atoms with Gasteiger partial charge in [-0.1, -0.05) is 0 Å². The first-order valence-electron chi connectivity index (χ1n) is 11.5. The van der Waals surface area contributed by atoms with Crippen molar-refractivity contribution in [1.29, 1.82) is 0 Å². The maximum absolute atomic E-state index is 11.1. The van der Waals surface area contributed by atoms with Gasteiger partial charge in [0.25, 0.3) is 0 Å². The minimum absolute atomic E-state index is 0.124. The summed E-state index contributed by atoms with van der Waals surface area (Å²) >= 11 is 0. The van der Waals surface area contributed by atoms with Crippen LogP contribution in [-0.2, 0) is 18.9 Å². The molecule has 2 aliphatic heterocycles. The van der Waals surface area contributed by atoms with Gasteiger partial charge in [-0.3, -0.25) is 0 Å². The molecule has 200 valence electrons. The summed E-state index contributed by atoms with van der Waals surface area (Å²) in [6, 6.07) is -3.99. The van der Waals surface area contributed by atoms with Crippen molar-refractivity contribution in [3.8, 4) is 0 Å². The quantitative estimate of drug-likeness (QED) is 0.165. The molecule has 34 heavy (non-hydrogen) atoms. The highest BCUT2D eigenvalue weighted by Gasteiger charge is 2.52. The second-order valence-electron chi connectivity index (χ2n) is 9.94. The van der Waals surface area contributed by atoms with Crippen LogP contribution in [0, 0.1) is 0 Å². The van der Waals surface area contributed by atoms with Crippen molar-refractivity contribution in [1.82, 2.24) is 5.32 Å². The number of nitrogens with one attached hydrogen (secondary N) is 1. The first kappa shape index (κ1) is 28.0. The fraction of sp³-hybridized carbons (Fsp3) is 1.00. The highest BCUT2D eigenvalue weighted by Crippen LogP contribution is 2.32. The summed E-state index contributed by atoms with van der Waals surface area (Å²) in [5.41, 5.74) is 22.9. The molecule has 2 saturated heterocycles. The lowest BCUT2D eigenvalue weighted by Gasteiger charge is -2.49. The Kier molecular flexibility index (Phi) is 8.92. The summed E-state index contributed by atoms with van der Waals surface area (Å²) in [7, 11) is 1.59. The number of hydrogen-bond acceptors (Lipinski definition) is 14. The van der Waals surface area contributed by atoms with Crippen LogP contribution >= 0.6 is 0 Å². The lowest BCUT2D eigenvalue weighted by atomic mass is 9.84. The summed E-state index contributed by atoms with van der Waals surface area (Å²) in [4.78, 5) is 0. The van der Waals surface area contributed by atoms with Crippen LogP contribution in [0.15, 0.2) is 0 Å². The van der Waals surface area contributed by atoms with Crippen LogP contribution in [0.1, 0.15) is 20.3 Å². The molecule has 0 aromatic rings. The third-order valence-electron chi connectivity index (χ3n) is 6.99. The van der Waals surface area contributed by atoms with Crippen molar-refractivity contribution in [2.75, 3.05) is 13.7 Å². The van der Waals surface area contributed by atoms with Crippen molar-refractivity contribution in [2.45, 2.75) is 111 Å². The van der Waals surface area contributed by atoms with Crippen LogP contribution in [0.3, 0.4) is 0 Å². The topological polar surface area (TPSA) is 254 Å². The first-order chi connectivity index (χ1) is 15.8. The molecule has 1 aliphatic carbocycles. The molecule has 0 unspecified atom stereocenters. The molecule has 1 saturated carbocycles. The molecular formula is C20H41N5O9. The Morgan fingerprint density at radius 1 is 0.941 bits per heavy atom. The Balaban J connectivity index is 1.73. The van der Waals surface area contributed by atoms with Crippen LogP contribution in [0.25, 0.3) is 0 Å². The molecule has 14 heteroatoms. The third kappa shape index (κ3) is 5.40. The molecule has 2 heterocycles. The van der Waals surface area contributed by atoms with E-state index in [1.165, 1.54) is 6.92 Å². The normalized spacial score (nSPS) is 53.5. The fourth-order valence-corrected chi connectivity index (χ4v) is 4.98. The van der Waals surface area contributed by atoms with E-state index in [4.69, 9.17) is 41.9 Å². The molecule has 0 amide bonds. The zero-order chi connectivity index (χ0) is 25.5. The predicted molar refractivity (Wildman–Crippen MR) is 118 cm³/mol. The summed E-state index contributed by atoms with van der Waals surface area (Å²) in [6.45, 7) is 3.00. The largest absolute Gasteiger partial charge is 0.388 e. The second-order valence-corrected chi connectivity index (χ2v) is 9.94. The van der Waals surface area contributed by atoms with Gasteiger partial charge in [-0.15, -0.1) is 0 Å². The van der Waals surface area contributed by atoms with Gasteiger partial charge in [-0.25, -0.2) is 0 Å². The molecular weight excluding hydrogens is 454 g/mol. The van der Waals surface area contributed by atoms with Crippen LogP contribution in [0.2, 0.25) is 0 Å². The SMILES string of the molecule is CN[C@@H]1[C@@H](O)[C@@H](O[C@@H]2[C@@H](O)[C@H](O[C@H]3O[C@H]([C@H](C)N)[C@@H](O)[C@H](O)[C@H]3N)[C@@H](N)C[C@H]2N)OC[C@]1(C)O. The molecule has 15 atom stereocenters. The van der Waals surface area contributed by atoms with E-state index in [0.717, 1.165) is 0 Å². The van der Waals surface area contributed by atoms with Gasteiger partial charge in [-0.2, -0.15) is 0 Å². The van der Waals surface area contributed by atoms with Crippen molar-refractivity contribution in [3.63, 3.8) is 0 Å². The maximum atomic E-state index is 11.1. The van der Waals surface area contributed by atoms with Gasteiger partial charge >= 0.3 is 0 Å². The predicted octanol–water partition coefficient (Wildman–Crippen LogP) is -5.65. The Labute approximate surface area is 198 Å². The monoisotopic (exact) mass is 495 g/mol. The van der Waals surface area contributed by atoms with Gasteiger partial charge in [0, 0.05) is 18.1 Å². The highest BCUT2D eigenvalue weighted by atomic mass is 16.7. The summed E-state index contributed by atoms with van der Waals surface area (Å²) in [6.07, 6.45) is -10.6. The Bertz CT molecular complexity index is 676. The Morgan fingerprint density at radius 3 is 2.03 bits per heavy atom. The summed E-state index contributed by atoms with van der Waals surface area (Å²) in [5, 5.41) is 55.6. The van der Waals surface area contributed by atoms with E-state index in [-0.39, 0.29) is 13.0 Å². The van der Waals surface area contributed by atoms with E-state index in [2.05, 4.69) is 5.32 Å². The summed E-state index contributed by atoms with van der Waals surface area (Å²) < 4.78 is 23.0. The molecule has 14 N–H and O–H groups in total. The molecule has 3 rings (SSSR count). The fourth-order valence-electron chi connectivity index (χ4n) is 4.98. The summed E-state index contributed by atoms with van der Waals surface area (Å²) in [5.74, 6) is 0. The van der Waals surface area contributed by atoms with Crippen molar-refractivity contribution in [3.05, 3.63) is 0 Å². The first-order valence-corrected chi connectivity index (χ1v) is 11.5. The highest BCUT2D eigenvalue weighted by molar-refractivity contribution is 5.02. The molecule has 0 bridgehead atoms. The van der Waals surface area contributed by atoms with E-state index >= 15 is 0 Å². The number of aliphatic hydroxyl groups excluding tert-OH is 4. The number of likely N-dealkylation sites (N-methyl/N-ethyl adjacent to an activating group) is 1. The standard InChI is InChI=1S/C20H41N5O9/c1-6(21)14-11(27)10(26)9(24)18(32-14)33-15-7(22)4-8(23)16(12(15)28)34-19-13(29)17(25-3)20(2,30)5-31-19/h6-19,25-30H,4-5,21-24H2,1-3H3/t6-,7-,8+,9+,10+,11-,12-,13+,14+,15+,16-,17+,18+,19+,20-/m0/s1. The maximum Gasteiger partial charge on any atom is 0.185 e. The van der Waals surface area contributed by atoms with E-state index in [1.807, 2.05) is 0 Å². The Hall–Kier alpha value is -0.560. The van der Waals surface area contributed by atoms with E-state index < -0.39 is 91.1 Å². The molecule has 3 aliphatic rings. The van der Waals surface area contributed by atoms with Crippen LogP contribution in [-0.4, -0.2) is 130 Å². The van der Waals surface area contributed by atoms with E-state index in [0.29, 0.717) is 0 Å². The van der Waals surface area contributed by atoms with E-state index in [1.54, 1.807) is 14.0 Å².